The first-order valence-electron chi connectivity index (χ1n) is 10.7. The number of aryl methyl sites for hydroxylation is 1. The first-order valence-corrected chi connectivity index (χ1v) is 10.7. The van der Waals surface area contributed by atoms with Crippen LogP contribution in [0.1, 0.15) is 30.5 Å². The van der Waals surface area contributed by atoms with Crippen LogP contribution in [0.3, 0.4) is 0 Å². The van der Waals surface area contributed by atoms with Crippen molar-refractivity contribution in [3.05, 3.63) is 108 Å². The molecule has 0 amide bonds. The summed E-state index contributed by atoms with van der Waals surface area (Å²) in [6.45, 7) is 6.91. The SMILES string of the molecule is Cc1ccc2c(c1)-c1cc3ccc4ccc(-c5ccccc5)cc4c3cc1C2(C)C. The fraction of sp³-hybridized carbons (Fsp3) is 0.133. The number of benzene rings is 5. The third-order valence-electron chi connectivity index (χ3n) is 6.89. The molecule has 6 rings (SSSR count). The van der Waals surface area contributed by atoms with E-state index in [1.165, 1.54) is 60.5 Å². The van der Waals surface area contributed by atoms with Crippen LogP contribution in [0.2, 0.25) is 0 Å². The lowest BCUT2D eigenvalue weighted by molar-refractivity contribution is 0.661. The summed E-state index contributed by atoms with van der Waals surface area (Å²) in [5, 5.41) is 5.30. The fourth-order valence-electron chi connectivity index (χ4n) is 5.22. The van der Waals surface area contributed by atoms with Gasteiger partial charge in [-0.2, -0.15) is 0 Å². The molecule has 0 atom stereocenters. The highest BCUT2D eigenvalue weighted by molar-refractivity contribution is 6.10. The van der Waals surface area contributed by atoms with E-state index >= 15 is 0 Å². The van der Waals surface area contributed by atoms with Crippen LogP contribution in [-0.2, 0) is 5.41 Å². The molecule has 0 heterocycles. The normalized spacial score (nSPS) is 14.1. The molecule has 0 N–H and O–H groups in total. The maximum atomic E-state index is 2.46. The van der Waals surface area contributed by atoms with E-state index in [1.807, 2.05) is 0 Å². The Labute approximate surface area is 177 Å². The highest BCUT2D eigenvalue weighted by atomic mass is 14.4. The van der Waals surface area contributed by atoms with Crippen molar-refractivity contribution in [2.24, 2.45) is 0 Å². The van der Waals surface area contributed by atoms with E-state index in [0.717, 1.165) is 0 Å². The maximum absolute atomic E-state index is 2.46. The van der Waals surface area contributed by atoms with Gasteiger partial charge in [0.15, 0.2) is 0 Å². The van der Waals surface area contributed by atoms with Crippen molar-refractivity contribution in [2.45, 2.75) is 26.2 Å². The third kappa shape index (κ3) is 2.40. The maximum Gasteiger partial charge on any atom is 0.0159 e. The van der Waals surface area contributed by atoms with E-state index in [2.05, 4.69) is 112 Å². The summed E-state index contributed by atoms with van der Waals surface area (Å²) in [6.07, 6.45) is 0. The van der Waals surface area contributed by atoms with Gasteiger partial charge in [-0.25, -0.2) is 0 Å². The van der Waals surface area contributed by atoms with E-state index in [4.69, 9.17) is 0 Å². The number of hydrogen-bond donors (Lipinski definition) is 0. The van der Waals surface area contributed by atoms with Crippen LogP contribution >= 0.6 is 0 Å². The molecule has 1 aliphatic rings. The molecule has 0 aromatic heterocycles. The highest BCUT2D eigenvalue weighted by Crippen LogP contribution is 2.50. The van der Waals surface area contributed by atoms with Crippen LogP contribution in [0.4, 0.5) is 0 Å². The number of rotatable bonds is 1. The van der Waals surface area contributed by atoms with Crippen molar-refractivity contribution in [3.8, 4) is 22.3 Å². The van der Waals surface area contributed by atoms with Crippen LogP contribution in [0.5, 0.6) is 0 Å². The standard InChI is InChI=1S/C30H24/c1-19-9-14-28-26(15-19)27-17-23-13-11-21-10-12-22(20-7-5-4-6-8-20)16-24(21)25(23)18-29(27)30(28,2)3/h4-18H,1-3H3. The lowest BCUT2D eigenvalue weighted by Crippen LogP contribution is -2.14. The van der Waals surface area contributed by atoms with Crippen molar-refractivity contribution in [1.29, 1.82) is 0 Å². The molecule has 5 aromatic carbocycles. The molecule has 0 saturated carbocycles. The second-order valence-corrected chi connectivity index (χ2v) is 9.16. The summed E-state index contributed by atoms with van der Waals surface area (Å²) in [7, 11) is 0. The quantitative estimate of drug-likeness (QED) is 0.255. The molecule has 30 heavy (non-hydrogen) atoms. The smallest absolute Gasteiger partial charge is 0.0159 e. The summed E-state index contributed by atoms with van der Waals surface area (Å²) in [5.41, 5.74) is 9.55. The van der Waals surface area contributed by atoms with Crippen molar-refractivity contribution in [3.63, 3.8) is 0 Å². The Balaban J connectivity index is 1.66. The number of fused-ring (bicyclic) bond motifs is 6. The van der Waals surface area contributed by atoms with Crippen LogP contribution in [0.25, 0.3) is 43.8 Å². The Morgan fingerprint density at radius 2 is 1.23 bits per heavy atom. The minimum Gasteiger partial charge on any atom is -0.0622 e. The van der Waals surface area contributed by atoms with Gasteiger partial charge >= 0.3 is 0 Å². The number of hydrogen-bond acceptors (Lipinski definition) is 0. The van der Waals surface area contributed by atoms with Crippen LogP contribution < -0.4 is 0 Å². The molecule has 0 nitrogen and oxygen atoms in total. The molecule has 144 valence electrons. The Morgan fingerprint density at radius 3 is 2.07 bits per heavy atom. The summed E-state index contributed by atoms with van der Waals surface area (Å²) in [5.74, 6) is 0. The molecule has 0 fully saturated rings. The van der Waals surface area contributed by atoms with E-state index in [0.29, 0.717) is 0 Å². The molecule has 0 unspecified atom stereocenters. The molecule has 0 aliphatic heterocycles. The fourth-order valence-corrected chi connectivity index (χ4v) is 5.22. The lowest BCUT2D eigenvalue weighted by atomic mass is 9.81. The van der Waals surface area contributed by atoms with Gasteiger partial charge in [0.05, 0.1) is 0 Å². The molecule has 5 aromatic rings. The lowest BCUT2D eigenvalue weighted by Gasteiger charge is -2.22. The van der Waals surface area contributed by atoms with Gasteiger partial charge in [0, 0.05) is 5.41 Å². The van der Waals surface area contributed by atoms with Crippen molar-refractivity contribution in [2.75, 3.05) is 0 Å². The molecule has 0 spiro atoms. The zero-order valence-corrected chi connectivity index (χ0v) is 17.7. The molecular formula is C30H24. The molecular weight excluding hydrogens is 360 g/mol. The summed E-state index contributed by atoms with van der Waals surface area (Å²) in [4.78, 5) is 0. The molecule has 0 saturated heterocycles. The molecule has 0 bridgehead atoms. The zero-order valence-electron chi connectivity index (χ0n) is 17.7. The van der Waals surface area contributed by atoms with Gasteiger partial charge in [-0.1, -0.05) is 92.2 Å². The molecule has 0 radical (unpaired) electrons. The van der Waals surface area contributed by atoms with Crippen molar-refractivity contribution < 1.29 is 0 Å². The molecule has 0 heteroatoms. The first-order chi connectivity index (χ1) is 14.5. The third-order valence-corrected chi connectivity index (χ3v) is 6.89. The monoisotopic (exact) mass is 384 g/mol. The van der Waals surface area contributed by atoms with Gasteiger partial charge in [-0.3, -0.25) is 0 Å². The van der Waals surface area contributed by atoms with Gasteiger partial charge in [0.25, 0.3) is 0 Å². The minimum absolute atomic E-state index is 0.0196. The van der Waals surface area contributed by atoms with Crippen LogP contribution in [-0.4, -0.2) is 0 Å². The van der Waals surface area contributed by atoms with Crippen molar-refractivity contribution >= 4 is 21.5 Å². The Kier molecular flexibility index (Phi) is 3.53. The van der Waals surface area contributed by atoms with E-state index in [-0.39, 0.29) is 5.41 Å². The van der Waals surface area contributed by atoms with Gasteiger partial charge in [-0.05, 0) is 80.0 Å². The Morgan fingerprint density at radius 1 is 0.533 bits per heavy atom. The van der Waals surface area contributed by atoms with Gasteiger partial charge < -0.3 is 0 Å². The minimum atomic E-state index is 0.0196. The summed E-state index contributed by atoms with van der Waals surface area (Å²) in [6, 6.07) is 33.8. The van der Waals surface area contributed by atoms with Crippen LogP contribution in [0, 0.1) is 6.92 Å². The second-order valence-electron chi connectivity index (χ2n) is 9.16. The topological polar surface area (TPSA) is 0 Å². The zero-order chi connectivity index (χ0) is 20.5. The average Bonchev–Trinajstić information content (AvgIpc) is 2.98. The van der Waals surface area contributed by atoms with E-state index in [1.54, 1.807) is 0 Å². The largest absolute Gasteiger partial charge is 0.0622 e. The van der Waals surface area contributed by atoms with Crippen LogP contribution in [0.15, 0.2) is 91.0 Å². The highest BCUT2D eigenvalue weighted by Gasteiger charge is 2.35. The Hall–Kier alpha value is -3.38. The van der Waals surface area contributed by atoms with E-state index in [9.17, 15) is 0 Å². The summed E-state index contributed by atoms with van der Waals surface area (Å²) < 4.78 is 0. The Bertz CT molecular complexity index is 1450. The van der Waals surface area contributed by atoms with Gasteiger partial charge in [0.2, 0.25) is 0 Å². The van der Waals surface area contributed by atoms with Crippen molar-refractivity contribution in [1.82, 2.24) is 0 Å². The van der Waals surface area contributed by atoms with E-state index < -0.39 is 0 Å². The summed E-state index contributed by atoms with van der Waals surface area (Å²) >= 11 is 0. The molecule has 1 aliphatic carbocycles. The predicted octanol–water partition coefficient (Wildman–Crippen LogP) is 8.27. The first kappa shape index (κ1) is 17.5. The average molecular weight is 385 g/mol. The van der Waals surface area contributed by atoms with Gasteiger partial charge in [-0.15, -0.1) is 0 Å². The predicted molar refractivity (Wildman–Crippen MR) is 129 cm³/mol. The second kappa shape index (κ2) is 6.06. The van der Waals surface area contributed by atoms with Gasteiger partial charge in [0.1, 0.15) is 0 Å².